The second kappa shape index (κ2) is 6.64. The standard InChI is InChI=1S/C17H17FN2O3/c1-22-15-6-5-12(10-14(15)18)17(21)20-9-7-13(11-20)23-16-4-2-3-8-19-16/h2-6,8,10,13H,7,9,11H2,1H3. The normalized spacial score (nSPS) is 17.1. The molecule has 0 aliphatic carbocycles. The summed E-state index contributed by atoms with van der Waals surface area (Å²) in [5, 5.41) is 0. The van der Waals surface area contributed by atoms with Crippen LogP contribution in [-0.4, -0.2) is 42.1 Å². The number of hydrogen-bond donors (Lipinski definition) is 0. The van der Waals surface area contributed by atoms with Gasteiger partial charge in [-0.1, -0.05) is 6.07 Å². The molecule has 3 rings (SSSR count). The molecule has 0 radical (unpaired) electrons. The first-order chi connectivity index (χ1) is 11.2. The van der Waals surface area contributed by atoms with E-state index in [1.165, 1.54) is 19.2 Å². The number of likely N-dealkylation sites (tertiary alicyclic amines) is 1. The Morgan fingerprint density at radius 1 is 1.35 bits per heavy atom. The molecule has 120 valence electrons. The molecule has 1 fully saturated rings. The number of halogens is 1. The van der Waals surface area contributed by atoms with Crippen molar-refractivity contribution in [2.45, 2.75) is 12.5 Å². The average molecular weight is 316 g/mol. The summed E-state index contributed by atoms with van der Waals surface area (Å²) in [7, 11) is 1.39. The molecule has 0 bridgehead atoms. The van der Waals surface area contributed by atoms with Crippen LogP contribution in [-0.2, 0) is 0 Å². The molecule has 5 nitrogen and oxygen atoms in total. The molecule has 1 aromatic carbocycles. The fraction of sp³-hybridized carbons (Fsp3) is 0.294. The molecule has 1 saturated heterocycles. The lowest BCUT2D eigenvalue weighted by Gasteiger charge is -2.17. The molecule has 1 unspecified atom stereocenters. The van der Waals surface area contributed by atoms with Crippen LogP contribution in [0.4, 0.5) is 4.39 Å². The van der Waals surface area contributed by atoms with Crippen molar-refractivity contribution >= 4 is 5.91 Å². The van der Waals surface area contributed by atoms with Gasteiger partial charge in [-0.05, 0) is 24.3 Å². The van der Waals surface area contributed by atoms with E-state index >= 15 is 0 Å². The monoisotopic (exact) mass is 316 g/mol. The molecule has 0 N–H and O–H groups in total. The van der Waals surface area contributed by atoms with E-state index in [9.17, 15) is 9.18 Å². The molecule has 1 atom stereocenters. The second-order valence-electron chi connectivity index (χ2n) is 5.30. The molecule has 1 aliphatic heterocycles. The first kappa shape index (κ1) is 15.3. The summed E-state index contributed by atoms with van der Waals surface area (Å²) < 4.78 is 24.3. The van der Waals surface area contributed by atoms with Crippen molar-refractivity contribution in [3.05, 3.63) is 54.0 Å². The van der Waals surface area contributed by atoms with Gasteiger partial charge in [-0.25, -0.2) is 9.37 Å². The van der Waals surface area contributed by atoms with Gasteiger partial charge in [0, 0.05) is 30.8 Å². The summed E-state index contributed by atoms with van der Waals surface area (Å²) in [4.78, 5) is 18.2. The summed E-state index contributed by atoms with van der Waals surface area (Å²) in [5.74, 6) is -0.0841. The second-order valence-corrected chi connectivity index (χ2v) is 5.30. The third-order valence-electron chi connectivity index (χ3n) is 3.76. The predicted octanol–water partition coefficient (Wildman–Crippen LogP) is 2.52. The van der Waals surface area contributed by atoms with Gasteiger partial charge in [0.15, 0.2) is 11.6 Å². The third-order valence-corrected chi connectivity index (χ3v) is 3.76. The number of carbonyl (C=O) groups is 1. The fourth-order valence-electron chi connectivity index (χ4n) is 2.58. The average Bonchev–Trinajstić information content (AvgIpc) is 3.03. The maximum atomic E-state index is 13.7. The number of ether oxygens (including phenoxy) is 2. The number of rotatable bonds is 4. The van der Waals surface area contributed by atoms with Gasteiger partial charge in [0.2, 0.25) is 5.88 Å². The Bertz CT molecular complexity index is 693. The van der Waals surface area contributed by atoms with Crippen molar-refractivity contribution in [3.8, 4) is 11.6 Å². The Kier molecular flexibility index (Phi) is 4.41. The van der Waals surface area contributed by atoms with E-state index < -0.39 is 5.82 Å². The van der Waals surface area contributed by atoms with E-state index in [1.54, 1.807) is 23.2 Å². The van der Waals surface area contributed by atoms with Crippen LogP contribution in [0.3, 0.4) is 0 Å². The van der Waals surface area contributed by atoms with Gasteiger partial charge in [0.1, 0.15) is 6.10 Å². The number of amides is 1. The summed E-state index contributed by atoms with van der Waals surface area (Å²) in [6, 6.07) is 9.67. The predicted molar refractivity (Wildman–Crippen MR) is 82.1 cm³/mol. The number of aromatic nitrogens is 1. The lowest BCUT2D eigenvalue weighted by Crippen LogP contribution is -2.31. The summed E-state index contributed by atoms with van der Waals surface area (Å²) in [5.41, 5.74) is 0.307. The van der Waals surface area contributed by atoms with Crippen molar-refractivity contribution in [3.63, 3.8) is 0 Å². The Hall–Kier alpha value is -2.63. The largest absolute Gasteiger partial charge is 0.494 e. The van der Waals surface area contributed by atoms with Gasteiger partial charge in [-0.2, -0.15) is 0 Å². The van der Waals surface area contributed by atoms with E-state index in [4.69, 9.17) is 9.47 Å². The van der Waals surface area contributed by atoms with Gasteiger partial charge in [0.05, 0.1) is 13.7 Å². The number of methoxy groups -OCH3 is 1. The first-order valence-corrected chi connectivity index (χ1v) is 7.38. The topological polar surface area (TPSA) is 51.7 Å². The van der Waals surface area contributed by atoms with E-state index in [-0.39, 0.29) is 17.8 Å². The first-order valence-electron chi connectivity index (χ1n) is 7.38. The van der Waals surface area contributed by atoms with Crippen molar-refractivity contribution in [1.82, 2.24) is 9.88 Å². The Morgan fingerprint density at radius 2 is 2.22 bits per heavy atom. The lowest BCUT2D eigenvalue weighted by atomic mass is 10.2. The molecule has 1 aromatic heterocycles. The lowest BCUT2D eigenvalue weighted by molar-refractivity contribution is 0.0770. The van der Waals surface area contributed by atoms with Gasteiger partial charge < -0.3 is 14.4 Å². The van der Waals surface area contributed by atoms with Crippen LogP contribution in [0.1, 0.15) is 16.8 Å². The van der Waals surface area contributed by atoms with E-state index in [0.29, 0.717) is 24.5 Å². The number of hydrogen-bond acceptors (Lipinski definition) is 4. The van der Waals surface area contributed by atoms with Crippen LogP contribution < -0.4 is 9.47 Å². The van der Waals surface area contributed by atoms with E-state index in [1.807, 2.05) is 12.1 Å². The Labute approximate surface area is 133 Å². The zero-order valence-electron chi connectivity index (χ0n) is 12.7. The van der Waals surface area contributed by atoms with Gasteiger partial charge >= 0.3 is 0 Å². The van der Waals surface area contributed by atoms with Crippen LogP contribution in [0.2, 0.25) is 0 Å². The van der Waals surface area contributed by atoms with Crippen LogP contribution in [0, 0.1) is 5.82 Å². The maximum Gasteiger partial charge on any atom is 0.254 e. The maximum absolute atomic E-state index is 13.7. The minimum absolute atomic E-state index is 0.100. The molecule has 23 heavy (non-hydrogen) atoms. The third kappa shape index (κ3) is 3.41. The molecule has 0 spiro atoms. The molecular formula is C17H17FN2O3. The van der Waals surface area contributed by atoms with Crippen molar-refractivity contribution in [2.75, 3.05) is 20.2 Å². The minimum Gasteiger partial charge on any atom is -0.494 e. The van der Waals surface area contributed by atoms with Gasteiger partial charge in [0.25, 0.3) is 5.91 Å². The Balaban J connectivity index is 1.64. The number of benzene rings is 1. The van der Waals surface area contributed by atoms with Crippen LogP contribution in [0.15, 0.2) is 42.6 Å². The van der Waals surface area contributed by atoms with Crippen LogP contribution in [0.5, 0.6) is 11.6 Å². The molecule has 6 heteroatoms. The summed E-state index contributed by atoms with van der Waals surface area (Å²) in [6.45, 7) is 1.03. The zero-order chi connectivity index (χ0) is 16.2. The number of carbonyl (C=O) groups excluding carboxylic acids is 1. The van der Waals surface area contributed by atoms with Crippen LogP contribution in [0.25, 0.3) is 0 Å². The van der Waals surface area contributed by atoms with E-state index in [0.717, 1.165) is 6.42 Å². The van der Waals surface area contributed by atoms with Gasteiger partial charge in [-0.15, -0.1) is 0 Å². The minimum atomic E-state index is -0.543. The van der Waals surface area contributed by atoms with Crippen molar-refractivity contribution < 1.29 is 18.7 Å². The highest BCUT2D eigenvalue weighted by atomic mass is 19.1. The Morgan fingerprint density at radius 3 is 2.91 bits per heavy atom. The number of pyridine rings is 1. The number of nitrogens with zero attached hydrogens (tertiary/aromatic N) is 2. The van der Waals surface area contributed by atoms with Crippen molar-refractivity contribution in [1.29, 1.82) is 0 Å². The van der Waals surface area contributed by atoms with E-state index in [2.05, 4.69) is 4.98 Å². The van der Waals surface area contributed by atoms with Crippen molar-refractivity contribution in [2.24, 2.45) is 0 Å². The quantitative estimate of drug-likeness (QED) is 0.870. The highest BCUT2D eigenvalue weighted by molar-refractivity contribution is 5.94. The molecule has 1 amide bonds. The van der Waals surface area contributed by atoms with Crippen LogP contribution >= 0.6 is 0 Å². The summed E-state index contributed by atoms with van der Waals surface area (Å²) in [6.07, 6.45) is 2.28. The SMILES string of the molecule is COc1ccc(C(=O)N2CCC(Oc3ccccn3)C2)cc1F. The molecule has 0 saturated carbocycles. The molecule has 2 heterocycles. The van der Waals surface area contributed by atoms with Gasteiger partial charge in [-0.3, -0.25) is 4.79 Å². The highest BCUT2D eigenvalue weighted by Crippen LogP contribution is 2.21. The fourth-order valence-corrected chi connectivity index (χ4v) is 2.58. The summed E-state index contributed by atoms with van der Waals surface area (Å²) >= 11 is 0. The molecule has 1 aliphatic rings. The zero-order valence-corrected chi connectivity index (χ0v) is 12.7. The smallest absolute Gasteiger partial charge is 0.254 e. The molecule has 2 aromatic rings. The highest BCUT2D eigenvalue weighted by Gasteiger charge is 2.28. The molecular weight excluding hydrogens is 299 g/mol.